The lowest BCUT2D eigenvalue weighted by Gasteiger charge is -2.03. The zero-order chi connectivity index (χ0) is 13.1. The van der Waals surface area contributed by atoms with Gasteiger partial charge >= 0.3 is 0 Å². The highest BCUT2D eigenvalue weighted by Gasteiger charge is 2.11. The quantitative estimate of drug-likeness (QED) is 0.732. The van der Waals surface area contributed by atoms with Crippen LogP contribution in [-0.2, 0) is 7.05 Å². The van der Waals surface area contributed by atoms with E-state index in [0.29, 0.717) is 0 Å². The minimum atomic E-state index is 0.831. The van der Waals surface area contributed by atoms with E-state index in [4.69, 9.17) is 0 Å². The van der Waals surface area contributed by atoms with Gasteiger partial charge in [0.05, 0.1) is 0 Å². The summed E-state index contributed by atoms with van der Waals surface area (Å²) in [6.45, 7) is 0. The van der Waals surface area contributed by atoms with E-state index in [1.165, 1.54) is 11.8 Å². The Morgan fingerprint density at radius 1 is 0.947 bits per heavy atom. The standard InChI is InChI=1S/C14H12N4S/c1-18-13(11-7-3-2-4-8-11)16-17-14(18)19-12-9-5-6-10-15-12/h2-10H,1H3. The van der Waals surface area contributed by atoms with E-state index in [0.717, 1.165) is 21.6 Å². The van der Waals surface area contributed by atoms with Gasteiger partial charge in [-0.3, -0.25) is 0 Å². The SMILES string of the molecule is Cn1c(Sc2ccccn2)nnc1-c1ccccc1. The maximum absolute atomic E-state index is 4.28. The smallest absolute Gasteiger partial charge is 0.197 e. The molecule has 19 heavy (non-hydrogen) atoms. The van der Waals surface area contributed by atoms with Gasteiger partial charge in [0.25, 0.3) is 0 Å². The predicted octanol–water partition coefficient (Wildman–Crippen LogP) is 3.03. The van der Waals surface area contributed by atoms with Crippen molar-refractivity contribution in [1.82, 2.24) is 19.7 Å². The van der Waals surface area contributed by atoms with E-state index in [9.17, 15) is 0 Å². The summed E-state index contributed by atoms with van der Waals surface area (Å²) in [6, 6.07) is 15.9. The lowest BCUT2D eigenvalue weighted by Crippen LogP contribution is -1.94. The molecule has 0 bridgehead atoms. The van der Waals surface area contributed by atoms with Crippen LogP contribution in [0.25, 0.3) is 11.4 Å². The second-order valence-corrected chi connectivity index (χ2v) is 4.99. The molecule has 3 aromatic rings. The third-order valence-electron chi connectivity index (χ3n) is 2.70. The third kappa shape index (κ3) is 2.51. The lowest BCUT2D eigenvalue weighted by molar-refractivity contribution is 0.792. The van der Waals surface area contributed by atoms with E-state index in [-0.39, 0.29) is 0 Å². The molecule has 0 atom stereocenters. The van der Waals surface area contributed by atoms with Crippen molar-refractivity contribution in [2.24, 2.45) is 7.05 Å². The van der Waals surface area contributed by atoms with Crippen LogP contribution in [0.1, 0.15) is 0 Å². The first-order chi connectivity index (χ1) is 9.34. The van der Waals surface area contributed by atoms with Gasteiger partial charge in [0, 0.05) is 18.8 Å². The van der Waals surface area contributed by atoms with Crippen LogP contribution in [0.5, 0.6) is 0 Å². The number of benzene rings is 1. The van der Waals surface area contributed by atoms with Crippen molar-refractivity contribution in [3.05, 3.63) is 54.7 Å². The summed E-state index contributed by atoms with van der Waals surface area (Å²) in [4.78, 5) is 4.28. The summed E-state index contributed by atoms with van der Waals surface area (Å²) in [5, 5.41) is 10.2. The Morgan fingerprint density at radius 2 is 1.74 bits per heavy atom. The van der Waals surface area contributed by atoms with E-state index in [1.54, 1.807) is 6.20 Å². The van der Waals surface area contributed by atoms with Gasteiger partial charge in [0.1, 0.15) is 5.03 Å². The maximum atomic E-state index is 4.28. The zero-order valence-corrected chi connectivity index (χ0v) is 11.2. The first-order valence-corrected chi connectivity index (χ1v) is 6.70. The molecular formula is C14H12N4S. The highest BCUT2D eigenvalue weighted by molar-refractivity contribution is 7.99. The minimum absolute atomic E-state index is 0.831. The van der Waals surface area contributed by atoms with Gasteiger partial charge < -0.3 is 4.57 Å². The average Bonchev–Trinajstić information content (AvgIpc) is 2.82. The predicted molar refractivity (Wildman–Crippen MR) is 74.8 cm³/mol. The second-order valence-electron chi connectivity index (χ2n) is 4.00. The Bertz CT molecular complexity index is 664. The van der Waals surface area contributed by atoms with Crippen molar-refractivity contribution in [1.29, 1.82) is 0 Å². The molecule has 2 aromatic heterocycles. The second kappa shape index (κ2) is 5.24. The van der Waals surface area contributed by atoms with Crippen LogP contribution in [0, 0.1) is 0 Å². The topological polar surface area (TPSA) is 43.6 Å². The highest BCUT2D eigenvalue weighted by Crippen LogP contribution is 2.26. The molecule has 0 aliphatic rings. The fourth-order valence-corrected chi connectivity index (χ4v) is 2.50. The molecule has 0 saturated carbocycles. The van der Waals surface area contributed by atoms with Crippen molar-refractivity contribution in [2.75, 3.05) is 0 Å². The maximum Gasteiger partial charge on any atom is 0.197 e. The largest absolute Gasteiger partial charge is 0.305 e. The molecule has 0 saturated heterocycles. The number of aromatic nitrogens is 4. The number of pyridine rings is 1. The third-order valence-corrected chi connectivity index (χ3v) is 3.69. The van der Waals surface area contributed by atoms with Crippen LogP contribution < -0.4 is 0 Å². The lowest BCUT2D eigenvalue weighted by atomic mass is 10.2. The highest BCUT2D eigenvalue weighted by atomic mass is 32.2. The number of nitrogens with zero attached hydrogens (tertiary/aromatic N) is 4. The van der Waals surface area contributed by atoms with Crippen molar-refractivity contribution < 1.29 is 0 Å². The molecule has 4 nitrogen and oxygen atoms in total. The van der Waals surface area contributed by atoms with Crippen molar-refractivity contribution in [3.63, 3.8) is 0 Å². The minimum Gasteiger partial charge on any atom is -0.305 e. The molecule has 94 valence electrons. The molecule has 0 aliphatic carbocycles. The molecule has 0 aliphatic heterocycles. The van der Waals surface area contributed by atoms with Gasteiger partial charge in [-0.25, -0.2) is 4.98 Å². The van der Waals surface area contributed by atoms with Crippen LogP contribution in [0.15, 0.2) is 64.9 Å². The fraction of sp³-hybridized carbons (Fsp3) is 0.0714. The first-order valence-electron chi connectivity index (χ1n) is 5.88. The Morgan fingerprint density at radius 3 is 2.47 bits per heavy atom. The van der Waals surface area contributed by atoms with E-state index >= 15 is 0 Å². The molecule has 0 N–H and O–H groups in total. The number of rotatable bonds is 3. The molecule has 0 fully saturated rings. The zero-order valence-electron chi connectivity index (χ0n) is 10.4. The van der Waals surface area contributed by atoms with Crippen molar-refractivity contribution in [2.45, 2.75) is 10.2 Å². The molecule has 5 heteroatoms. The summed E-state index contributed by atoms with van der Waals surface area (Å²) in [7, 11) is 1.97. The van der Waals surface area contributed by atoms with Gasteiger partial charge in [-0.15, -0.1) is 10.2 Å². The number of hydrogen-bond acceptors (Lipinski definition) is 4. The molecule has 0 radical (unpaired) electrons. The Hall–Kier alpha value is -2.14. The van der Waals surface area contributed by atoms with Crippen molar-refractivity contribution >= 4 is 11.8 Å². The summed E-state index contributed by atoms with van der Waals surface area (Å²) in [5.74, 6) is 0.860. The Labute approximate surface area is 115 Å². The number of hydrogen-bond donors (Lipinski definition) is 0. The first kappa shape index (κ1) is 11.9. The van der Waals surface area contributed by atoms with Gasteiger partial charge in [-0.05, 0) is 23.9 Å². The van der Waals surface area contributed by atoms with Gasteiger partial charge in [0.15, 0.2) is 11.0 Å². The fourth-order valence-electron chi connectivity index (χ4n) is 1.74. The van der Waals surface area contributed by atoms with Gasteiger partial charge in [-0.1, -0.05) is 36.4 Å². The van der Waals surface area contributed by atoms with E-state index in [2.05, 4.69) is 15.2 Å². The normalized spacial score (nSPS) is 10.6. The molecule has 1 aromatic carbocycles. The molecule has 2 heterocycles. The van der Waals surface area contributed by atoms with Crippen LogP contribution >= 0.6 is 11.8 Å². The molecule has 0 unspecified atom stereocenters. The van der Waals surface area contributed by atoms with Crippen LogP contribution in [0.4, 0.5) is 0 Å². The van der Waals surface area contributed by atoms with Gasteiger partial charge in [0.2, 0.25) is 0 Å². The Kier molecular flexibility index (Phi) is 3.29. The van der Waals surface area contributed by atoms with Gasteiger partial charge in [-0.2, -0.15) is 0 Å². The summed E-state index contributed by atoms with van der Waals surface area (Å²) in [5.41, 5.74) is 1.06. The molecule has 3 rings (SSSR count). The molecule has 0 amide bonds. The van der Waals surface area contributed by atoms with Crippen molar-refractivity contribution in [3.8, 4) is 11.4 Å². The van der Waals surface area contributed by atoms with Crippen LogP contribution in [-0.4, -0.2) is 19.7 Å². The monoisotopic (exact) mass is 268 g/mol. The van der Waals surface area contributed by atoms with Crippen LogP contribution in [0.2, 0.25) is 0 Å². The van der Waals surface area contributed by atoms with Crippen LogP contribution in [0.3, 0.4) is 0 Å². The van der Waals surface area contributed by atoms with E-state index < -0.39 is 0 Å². The summed E-state index contributed by atoms with van der Waals surface area (Å²) < 4.78 is 1.98. The summed E-state index contributed by atoms with van der Waals surface area (Å²) >= 11 is 1.51. The molecular weight excluding hydrogens is 256 g/mol. The Balaban J connectivity index is 1.92. The average molecular weight is 268 g/mol. The molecule has 0 spiro atoms. The van der Waals surface area contributed by atoms with E-state index in [1.807, 2.05) is 60.1 Å². The summed E-state index contributed by atoms with van der Waals surface area (Å²) in [6.07, 6.45) is 1.77.